The summed E-state index contributed by atoms with van der Waals surface area (Å²) in [5.41, 5.74) is 2.22. The van der Waals surface area contributed by atoms with Crippen molar-refractivity contribution in [3.63, 3.8) is 0 Å². The summed E-state index contributed by atoms with van der Waals surface area (Å²) >= 11 is 10.4. The van der Waals surface area contributed by atoms with Crippen LogP contribution in [0, 0.1) is 3.57 Å². The third kappa shape index (κ3) is 2.96. The molecule has 0 bridgehead atoms. The lowest BCUT2D eigenvalue weighted by Gasteiger charge is -2.14. The van der Waals surface area contributed by atoms with E-state index in [2.05, 4.69) is 63.5 Å². The van der Waals surface area contributed by atoms with Crippen LogP contribution >= 0.6 is 46.0 Å². The lowest BCUT2D eigenvalue weighted by atomic mass is 10.3. The zero-order chi connectivity index (χ0) is 13.3. The number of imidazole rings is 1. The minimum Gasteiger partial charge on any atom is -0.326 e. The summed E-state index contributed by atoms with van der Waals surface area (Å²) in [6.45, 7) is 5.16. The molecule has 0 aliphatic rings. The largest absolute Gasteiger partial charge is 0.326 e. The van der Waals surface area contributed by atoms with Gasteiger partial charge in [-0.2, -0.15) is 11.8 Å². The number of benzene rings is 1. The van der Waals surface area contributed by atoms with E-state index < -0.39 is 0 Å². The minimum absolute atomic E-state index is 0.0656. The van der Waals surface area contributed by atoms with Crippen LogP contribution in [0.4, 0.5) is 0 Å². The van der Waals surface area contributed by atoms with Gasteiger partial charge in [0.1, 0.15) is 5.82 Å². The van der Waals surface area contributed by atoms with E-state index in [-0.39, 0.29) is 5.38 Å². The van der Waals surface area contributed by atoms with Crippen molar-refractivity contribution in [3.8, 4) is 0 Å². The van der Waals surface area contributed by atoms with E-state index >= 15 is 0 Å². The summed E-state index contributed by atoms with van der Waals surface area (Å²) in [6.07, 6.45) is 2.14. The van der Waals surface area contributed by atoms with Crippen LogP contribution in [-0.4, -0.2) is 21.1 Å². The average molecular weight is 395 g/mol. The zero-order valence-corrected chi connectivity index (χ0v) is 14.4. The number of aromatic nitrogens is 2. The Labute approximate surface area is 131 Å². The minimum atomic E-state index is -0.0656. The predicted molar refractivity (Wildman–Crippen MR) is 89.7 cm³/mol. The molecule has 2 aromatic rings. The van der Waals surface area contributed by atoms with Gasteiger partial charge in [0.15, 0.2) is 0 Å². The highest BCUT2D eigenvalue weighted by Gasteiger charge is 2.16. The van der Waals surface area contributed by atoms with Crippen LogP contribution in [0.1, 0.15) is 25.0 Å². The molecule has 0 radical (unpaired) electrons. The van der Waals surface area contributed by atoms with Gasteiger partial charge in [-0.25, -0.2) is 4.98 Å². The Morgan fingerprint density at radius 1 is 1.44 bits per heavy atom. The van der Waals surface area contributed by atoms with E-state index in [1.807, 2.05) is 18.7 Å². The molecule has 5 heteroatoms. The van der Waals surface area contributed by atoms with Crippen molar-refractivity contribution < 1.29 is 0 Å². The monoisotopic (exact) mass is 394 g/mol. The highest BCUT2D eigenvalue weighted by atomic mass is 127. The molecule has 1 heterocycles. The Hall–Kier alpha value is 0.0600. The molecule has 2 unspecified atom stereocenters. The van der Waals surface area contributed by atoms with E-state index in [0.29, 0.717) is 5.25 Å². The Morgan fingerprint density at radius 3 is 2.78 bits per heavy atom. The molecule has 0 aliphatic heterocycles. The Morgan fingerprint density at radius 2 is 2.17 bits per heavy atom. The lowest BCUT2D eigenvalue weighted by Crippen LogP contribution is -2.12. The number of rotatable bonds is 4. The van der Waals surface area contributed by atoms with E-state index in [9.17, 15) is 0 Å². The van der Waals surface area contributed by atoms with Gasteiger partial charge in [-0.15, -0.1) is 11.6 Å². The van der Waals surface area contributed by atoms with Crippen molar-refractivity contribution >= 4 is 57.0 Å². The van der Waals surface area contributed by atoms with Gasteiger partial charge in [0.25, 0.3) is 0 Å². The van der Waals surface area contributed by atoms with Gasteiger partial charge < -0.3 is 4.57 Å². The third-order valence-corrected chi connectivity index (χ3v) is 4.76. The smallest absolute Gasteiger partial charge is 0.127 e. The number of fused-ring (bicyclic) bond motifs is 1. The van der Waals surface area contributed by atoms with Crippen molar-refractivity contribution in [3.05, 3.63) is 27.6 Å². The third-order valence-electron chi connectivity index (χ3n) is 2.94. The van der Waals surface area contributed by atoms with Crippen molar-refractivity contribution in [1.82, 2.24) is 9.55 Å². The first-order chi connectivity index (χ1) is 8.52. The molecule has 0 spiro atoms. The first-order valence-electron chi connectivity index (χ1n) is 5.85. The fourth-order valence-corrected chi connectivity index (χ4v) is 2.89. The number of thioether (sulfide) groups is 1. The molecular weight excluding hydrogens is 379 g/mol. The molecule has 0 fully saturated rings. The topological polar surface area (TPSA) is 17.8 Å². The molecule has 0 aliphatic carbocycles. The van der Waals surface area contributed by atoms with Gasteiger partial charge in [-0.05, 0) is 54.0 Å². The van der Waals surface area contributed by atoms with Crippen LogP contribution in [0.3, 0.4) is 0 Å². The van der Waals surface area contributed by atoms with Gasteiger partial charge in [0, 0.05) is 15.4 Å². The average Bonchev–Trinajstić information content (AvgIpc) is 2.67. The van der Waals surface area contributed by atoms with Crippen molar-refractivity contribution in [2.24, 2.45) is 0 Å². The van der Waals surface area contributed by atoms with E-state index in [4.69, 9.17) is 11.6 Å². The summed E-state index contributed by atoms with van der Waals surface area (Å²) in [6, 6.07) is 6.37. The standard InChI is InChI=1S/C13H16ClIN2S/c1-8(18-3)7-17-12-5-4-10(15)6-11(12)16-13(17)9(2)14/h4-6,8-9H,7H2,1-3H3. The van der Waals surface area contributed by atoms with Crippen LogP contribution in [0.15, 0.2) is 18.2 Å². The van der Waals surface area contributed by atoms with E-state index in [1.54, 1.807) is 0 Å². The van der Waals surface area contributed by atoms with Gasteiger partial charge in [0.2, 0.25) is 0 Å². The maximum atomic E-state index is 6.25. The van der Waals surface area contributed by atoms with Crippen molar-refractivity contribution in [2.45, 2.75) is 31.0 Å². The second-order valence-electron chi connectivity index (χ2n) is 4.38. The fraction of sp³-hybridized carbons (Fsp3) is 0.462. The molecule has 18 heavy (non-hydrogen) atoms. The SMILES string of the molecule is CSC(C)Cn1c(C(C)Cl)nc2cc(I)ccc21. The lowest BCUT2D eigenvalue weighted by molar-refractivity contribution is 0.665. The van der Waals surface area contributed by atoms with E-state index in [0.717, 1.165) is 17.9 Å². The molecule has 2 nitrogen and oxygen atoms in total. The highest BCUT2D eigenvalue weighted by Crippen LogP contribution is 2.27. The van der Waals surface area contributed by atoms with Crippen molar-refractivity contribution in [1.29, 1.82) is 0 Å². The highest BCUT2D eigenvalue weighted by molar-refractivity contribution is 14.1. The molecule has 0 saturated heterocycles. The molecule has 1 aromatic carbocycles. The normalized spacial score (nSPS) is 14.9. The number of nitrogens with zero attached hydrogens (tertiary/aromatic N) is 2. The number of hydrogen-bond donors (Lipinski definition) is 0. The summed E-state index contributed by atoms with van der Waals surface area (Å²) in [4.78, 5) is 4.68. The van der Waals surface area contributed by atoms with Gasteiger partial charge in [-0.3, -0.25) is 0 Å². The van der Waals surface area contributed by atoms with Gasteiger partial charge >= 0.3 is 0 Å². The number of halogens is 2. The summed E-state index contributed by atoms with van der Waals surface area (Å²) < 4.78 is 3.46. The second kappa shape index (κ2) is 6.01. The molecule has 0 N–H and O–H groups in total. The maximum absolute atomic E-state index is 6.25. The van der Waals surface area contributed by atoms with Crippen LogP contribution in [0.25, 0.3) is 11.0 Å². The van der Waals surface area contributed by atoms with Gasteiger partial charge in [-0.1, -0.05) is 6.92 Å². The Balaban J connectivity index is 2.55. The van der Waals surface area contributed by atoms with E-state index in [1.165, 1.54) is 9.09 Å². The summed E-state index contributed by atoms with van der Waals surface area (Å²) in [7, 11) is 0. The molecule has 98 valence electrons. The predicted octanol–water partition coefficient (Wildman–Crippen LogP) is 4.69. The fourth-order valence-electron chi connectivity index (χ4n) is 1.95. The first-order valence-corrected chi connectivity index (χ1v) is 8.65. The first kappa shape index (κ1) is 14.5. The maximum Gasteiger partial charge on any atom is 0.127 e. The Bertz CT molecular complexity index is 553. The van der Waals surface area contributed by atoms with Crippen molar-refractivity contribution in [2.75, 3.05) is 6.26 Å². The second-order valence-corrected chi connectivity index (χ2v) is 7.55. The summed E-state index contributed by atoms with van der Waals surface area (Å²) in [5, 5.41) is 0.486. The molecule has 2 atom stereocenters. The summed E-state index contributed by atoms with van der Waals surface area (Å²) in [5.74, 6) is 0.967. The molecule has 1 aromatic heterocycles. The quantitative estimate of drug-likeness (QED) is 0.553. The Kier molecular flexibility index (Phi) is 4.83. The molecule has 0 saturated carbocycles. The zero-order valence-electron chi connectivity index (χ0n) is 10.7. The van der Waals surface area contributed by atoms with Crippen LogP contribution < -0.4 is 0 Å². The molecular formula is C13H16ClIN2S. The number of alkyl halides is 1. The van der Waals surface area contributed by atoms with Gasteiger partial charge in [0.05, 0.1) is 16.4 Å². The van der Waals surface area contributed by atoms with Crippen LogP contribution in [-0.2, 0) is 6.54 Å². The number of hydrogen-bond acceptors (Lipinski definition) is 2. The molecule has 0 amide bonds. The molecule has 2 rings (SSSR count). The van der Waals surface area contributed by atoms with Crippen LogP contribution in [0.5, 0.6) is 0 Å². The van der Waals surface area contributed by atoms with Crippen LogP contribution in [0.2, 0.25) is 0 Å².